The predicted octanol–water partition coefficient (Wildman–Crippen LogP) is 10.2. The zero-order chi connectivity index (χ0) is 29.9. The van der Waals surface area contributed by atoms with Crippen LogP contribution in [-0.4, -0.2) is 6.18 Å². The van der Waals surface area contributed by atoms with Crippen molar-refractivity contribution in [2.75, 3.05) is 0 Å². The Labute approximate surface area is 230 Å². The maximum absolute atomic E-state index is 15.1. The monoisotopic (exact) mass is 576 g/mol. The molecule has 0 amide bonds. The topological polar surface area (TPSA) is 0 Å². The fraction of sp³-hybridized carbons (Fsp3) is 0.188. The van der Waals surface area contributed by atoms with Crippen LogP contribution in [0.15, 0.2) is 60.7 Å². The standard InChI is InChI=1S/C32H21F9/c1-2-3-4-5-18-6-8-22(25(33)12-18)19-7-9-23(26(34)13-19)20-14-29(37)31(30(38)15-20)21-16-27(35)24(28(36)17-21)10-11-32(39,40)41/h6-9,12-17H,2-5H2,1H3. The van der Waals surface area contributed by atoms with Crippen LogP contribution in [0.4, 0.5) is 39.5 Å². The molecular formula is C32H21F9. The first-order chi connectivity index (χ1) is 19.4. The van der Waals surface area contributed by atoms with Crippen molar-refractivity contribution in [1.29, 1.82) is 0 Å². The Kier molecular flexibility index (Phi) is 8.81. The van der Waals surface area contributed by atoms with Crippen molar-refractivity contribution in [1.82, 2.24) is 0 Å². The third-order valence-electron chi connectivity index (χ3n) is 6.40. The number of halogens is 9. The van der Waals surface area contributed by atoms with E-state index in [0.717, 1.165) is 48.9 Å². The van der Waals surface area contributed by atoms with E-state index >= 15 is 4.39 Å². The highest BCUT2D eigenvalue weighted by atomic mass is 19.4. The van der Waals surface area contributed by atoms with Gasteiger partial charge in [0.05, 0.1) is 11.1 Å². The molecule has 212 valence electrons. The minimum absolute atomic E-state index is 0.148. The molecule has 0 fully saturated rings. The van der Waals surface area contributed by atoms with E-state index in [1.165, 1.54) is 30.2 Å². The number of hydrogen-bond donors (Lipinski definition) is 0. The summed E-state index contributed by atoms with van der Waals surface area (Å²) in [6.45, 7) is 2.06. The average molecular weight is 577 g/mol. The minimum atomic E-state index is -5.01. The molecule has 0 aromatic heterocycles. The first kappa shape index (κ1) is 29.8. The fourth-order valence-corrected chi connectivity index (χ4v) is 4.42. The molecule has 0 nitrogen and oxygen atoms in total. The van der Waals surface area contributed by atoms with Crippen LogP contribution in [0, 0.1) is 46.7 Å². The molecule has 0 radical (unpaired) electrons. The van der Waals surface area contributed by atoms with Crippen molar-refractivity contribution in [2.45, 2.75) is 38.8 Å². The second-order valence-corrected chi connectivity index (χ2v) is 9.34. The predicted molar refractivity (Wildman–Crippen MR) is 139 cm³/mol. The summed E-state index contributed by atoms with van der Waals surface area (Å²) < 4.78 is 125. The van der Waals surface area contributed by atoms with E-state index in [1.807, 2.05) is 0 Å². The zero-order valence-electron chi connectivity index (χ0n) is 21.5. The van der Waals surface area contributed by atoms with Crippen LogP contribution in [0.1, 0.15) is 37.3 Å². The van der Waals surface area contributed by atoms with Gasteiger partial charge in [0.25, 0.3) is 0 Å². The molecule has 0 atom stereocenters. The van der Waals surface area contributed by atoms with Gasteiger partial charge in [0.1, 0.15) is 34.9 Å². The third-order valence-corrected chi connectivity index (χ3v) is 6.40. The molecule has 41 heavy (non-hydrogen) atoms. The molecule has 0 aliphatic heterocycles. The van der Waals surface area contributed by atoms with Gasteiger partial charge in [-0.05, 0) is 71.5 Å². The normalized spacial score (nSPS) is 11.4. The summed E-state index contributed by atoms with van der Waals surface area (Å²) in [5, 5.41) is 0. The van der Waals surface area contributed by atoms with Gasteiger partial charge >= 0.3 is 6.18 Å². The average Bonchev–Trinajstić information content (AvgIpc) is 2.87. The molecule has 0 unspecified atom stereocenters. The van der Waals surface area contributed by atoms with Crippen molar-refractivity contribution >= 4 is 0 Å². The Balaban J connectivity index is 1.65. The minimum Gasteiger partial charge on any atom is -0.206 e. The lowest BCUT2D eigenvalue weighted by atomic mass is 9.95. The van der Waals surface area contributed by atoms with Crippen LogP contribution >= 0.6 is 0 Å². The van der Waals surface area contributed by atoms with Crippen molar-refractivity contribution in [3.8, 4) is 45.2 Å². The highest BCUT2D eigenvalue weighted by molar-refractivity contribution is 5.75. The molecule has 4 aromatic carbocycles. The summed E-state index contributed by atoms with van der Waals surface area (Å²) in [6.07, 6.45) is -1.35. The second-order valence-electron chi connectivity index (χ2n) is 9.34. The summed E-state index contributed by atoms with van der Waals surface area (Å²) in [5.74, 6) is -5.10. The van der Waals surface area contributed by atoms with Gasteiger partial charge in [-0.15, -0.1) is 0 Å². The number of hydrogen-bond acceptors (Lipinski definition) is 0. The number of benzene rings is 4. The molecular weight excluding hydrogens is 555 g/mol. The molecule has 0 aliphatic rings. The number of aryl methyl sites for hydroxylation is 1. The van der Waals surface area contributed by atoms with Crippen LogP contribution in [0.5, 0.6) is 0 Å². The van der Waals surface area contributed by atoms with Crippen LogP contribution in [-0.2, 0) is 6.42 Å². The van der Waals surface area contributed by atoms with E-state index in [9.17, 15) is 35.1 Å². The molecule has 9 heteroatoms. The zero-order valence-corrected chi connectivity index (χ0v) is 21.5. The van der Waals surface area contributed by atoms with Gasteiger partial charge in [0.2, 0.25) is 0 Å². The Hall–Kier alpha value is -4.19. The van der Waals surface area contributed by atoms with Crippen molar-refractivity contribution in [2.24, 2.45) is 0 Å². The Morgan fingerprint density at radius 3 is 1.68 bits per heavy atom. The van der Waals surface area contributed by atoms with Crippen molar-refractivity contribution in [3.63, 3.8) is 0 Å². The maximum Gasteiger partial charge on any atom is 0.458 e. The Morgan fingerprint density at radius 2 is 1.12 bits per heavy atom. The van der Waals surface area contributed by atoms with E-state index in [2.05, 4.69) is 6.92 Å². The summed E-state index contributed by atoms with van der Waals surface area (Å²) in [5.41, 5.74) is -2.02. The van der Waals surface area contributed by atoms with Crippen LogP contribution in [0.25, 0.3) is 33.4 Å². The van der Waals surface area contributed by atoms with Gasteiger partial charge in [-0.3, -0.25) is 0 Å². The van der Waals surface area contributed by atoms with Gasteiger partial charge < -0.3 is 0 Å². The van der Waals surface area contributed by atoms with Gasteiger partial charge in [-0.25, -0.2) is 26.3 Å². The summed E-state index contributed by atoms with van der Waals surface area (Å²) in [6, 6.07) is 10.7. The van der Waals surface area contributed by atoms with E-state index in [0.29, 0.717) is 18.6 Å². The molecule has 0 saturated heterocycles. The maximum atomic E-state index is 15.1. The summed E-state index contributed by atoms with van der Waals surface area (Å²) >= 11 is 0. The number of rotatable bonds is 7. The fourth-order valence-electron chi connectivity index (χ4n) is 4.42. The first-order valence-electron chi connectivity index (χ1n) is 12.5. The summed E-state index contributed by atoms with van der Waals surface area (Å²) in [7, 11) is 0. The van der Waals surface area contributed by atoms with Crippen molar-refractivity contribution < 1.29 is 39.5 Å². The van der Waals surface area contributed by atoms with Crippen LogP contribution < -0.4 is 0 Å². The quantitative estimate of drug-likeness (QED) is 0.117. The molecule has 4 rings (SSSR count). The molecule has 0 aliphatic carbocycles. The first-order valence-corrected chi connectivity index (χ1v) is 12.5. The van der Waals surface area contributed by atoms with Gasteiger partial charge in [-0.1, -0.05) is 50.0 Å². The highest BCUT2D eigenvalue weighted by Crippen LogP contribution is 2.35. The number of unbranched alkanes of at least 4 members (excludes halogenated alkanes) is 2. The summed E-state index contributed by atoms with van der Waals surface area (Å²) in [4.78, 5) is 0. The largest absolute Gasteiger partial charge is 0.458 e. The number of alkyl halides is 3. The van der Waals surface area contributed by atoms with E-state index < -0.39 is 57.8 Å². The molecule has 0 bridgehead atoms. The lowest BCUT2D eigenvalue weighted by Crippen LogP contribution is -2.03. The van der Waals surface area contributed by atoms with Gasteiger partial charge in [0, 0.05) is 17.0 Å². The van der Waals surface area contributed by atoms with E-state index in [1.54, 1.807) is 6.07 Å². The van der Waals surface area contributed by atoms with E-state index in [-0.39, 0.29) is 22.3 Å². The van der Waals surface area contributed by atoms with E-state index in [4.69, 9.17) is 0 Å². The Bertz CT molecular complexity index is 1610. The van der Waals surface area contributed by atoms with Crippen LogP contribution in [0.3, 0.4) is 0 Å². The van der Waals surface area contributed by atoms with Gasteiger partial charge in [0.15, 0.2) is 0 Å². The molecule has 0 spiro atoms. The van der Waals surface area contributed by atoms with Crippen molar-refractivity contribution in [3.05, 3.63) is 107 Å². The van der Waals surface area contributed by atoms with Crippen LogP contribution in [0.2, 0.25) is 0 Å². The molecule has 4 aromatic rings. The molecule has 0 N–H and O–H groups in total. The lowest BCUT2D eigenvalue weighted by molar-refractivity contribution is -0.0696. The Morgan fingerprint density at radius 1 is 0.585 bits per heavy atom. The molecule has 0 saturated carbocycles. The smallest absolute Gasteiger partial charge is 0.206 e. The highest BCUT2D eigenvalue weighted by Gasteiger charge is 2.24. The van der Waals surface area contributed by atoms with Gasteiger partial charge in [-0.2, -0.15) is 13.2 Å². The SMILES string of the molecule is CCCCCc1ccc(-c2ccc(-c3cc(F)c(-c4cc(F)c(C#CC(F)(F)F)c(F)c4)c(F)c3)c(F)c2)c(F)c1. The third kappa shape index (κ3) is 6.94. The molecule has 0 heterocycles. The second kappa shape index (κ2) is 12.1. The lowest BCUT2D eigenvalue weighted by Gasteiger charge is -2.12.